The number of nitrogens with zero attached hydrogens (tertiary/aromatic N) is 1. The first-order valence-electron chi connectivity index (χ1n) is 8.12. The van der Waals surface area contributed by atoms with Gasteiger partial charge in [-0.1, -0.05) is 12.1 Å². The number of aliphatic hydroxyl groups is 1. The van der Waals surface area contributed by atoms with Crippen LogP contribution in [0.25, 0.3) is 11.5 Å². The predicted octanol–water partition coefficient (Wildman–Crippen LogP) is 2.30. The molecule has 0 amide bonds. The van der Waals surface area contributed by atoms with Gasteiger partial charge in [0.2, 0.25) is 11.5 Å². The summed E-state index contributed by atoms with van der Waals surface area (Å²) in [5, 5.41) is 9.05. The maximum Gasteiger partial charge on any atom is 0.497 e. The Morgan fingerprint density at radius 2 is 1.83 bits per heavy atom. The van der Waals surface area contributed by atoms with E-state index in [4.69, 9.17) is 18.8 Å². The summed E-state index contributed by atoms with van der Waals surface area (Å²) in [4.78, 5) is 4.44. The van der Waals surface area contributed by atoms with Crippen molar-refractivity contribution in [3.8, 4) is 11.5 Å². The molecule has 1 aliphatic rings. The average Bonchev–Trinajstić information content (AvgIpc) is 2.97. The highest BCUT2D eigenvalue weighted by Crippen LogP contribution is 2.36. The van der Waals surface area contributed by atoms with E-state index in [2.05, 4.69) is 11.9 Å². The second kappa shape index (κ2) is 5.95. The Labute approximate surface area is 143 Å². The third-order valence-corrected chi connectivity index (χ3v) is 4.71. The third-order valence-electron chi connectivity index (χ3n) is 4.71. The van der Waals surface area contributed by atoms with Gasteiger partial charge in [0.25, 0.3) is 0 Å². The number of aromatic nitrogens is 1. The molecule has 126 valence electrons. The molecule has 0 radical (unpaired) electrons. The minimum atomic E-state index is -0.602. The SMILES string of the molecule is [CH2+]C1(C)OB(c2ccc(-c3nc(CCO)c(C)o3)cc2)OC1(C)C. The lowest BCUT2D eigenvalue weighted by Crippen LogP contribution is -2.42. The predicted molar refractivity (Wildman–Crippen MR) is 92.9 cm³/mol. The molecule has 1 aromatic heterocycles. The van der Waals surface area contributed by atoms with Crippen LogP contribution in [0.4, 0.5) is 0 Å². The summed E-state index contributed by atoms with van der Waals surface area (Å²) < 4.78 is 17.6. The van der Waals surface area contributed by atoms with Crippen LogP contribution in [0, 0.1) is 13.8 Å². The van der Waals surface area contributed by atoms with Crippen LogP contribution >= 0.6 is 0 Å². The van der Waals surface area contributed by atoms with Gasteiger partial charge in [-0.25, -0.2) is 4.98 Å². The van der Waals surface area contributed by atoms with Crippen LogP contribution in [0.5, 0.6) is 0 Å². The first-order chi connectivity index (χ1) is 11.2. The molecule has 1 atom stereocenters. The minimum Gasteiger partial charge on any atom is -0.441 e. The van der Waals surface area contributed by atoms with E-state index >= 15 is 0 Å². The lowest BCUT2D eigenvalue weighted by Gasteiger charge is -2.25. The molecule has 2 aromatic rings. The molecule has 1 aliphatic heterocycles. The molecule has 0 aliphatic carbocycles. The Balaban J connectivity index is 1.81. The van der Waals surface area contributed by atoms with Gasteiger partial charge in [-0.05, 0) is 38.4 Å². The van der Waals surface area contributed by atoms with Crippen LogP contribution < -0.4 is 5.46 Å². The molecule has 1 aromatic carbocycles. The largest absolute Gasteiger partial charge is 0.497 e. The second-order valence-corrected chi connectivity index (χ2v) is 6.93. The summed E-state index contributed by atoms with van der Waals surface area (Å²) in [6.07, 6.45) is 0.494. The lowest BCUT2D eigenvalue weighted by molar-refractivity contribution is 0.0262. The summed E-state index contributed by atoms with van der Waals surface area (Å²) in [5.41, 5.74) is 1.53. The zero-order chi connectivity index (χ0) is 17.5. The fourth-order valence-corrected chi connectivity index (χ4v) is 2.60. The van der Waals surface area contributed by atoms with Gasteiger partial charge >= 0.3 is 7.12 Å². The van der Waals surface area contributed by atoms with E-state index in [1.54, 1.807) is 0 Å². The van der Waals surface area contributed by atoms with Crippen molar-refractivity contribution < 1.29 is 18.8 Å². The van der Waals surface area contributed by atoms with Gasteiger partial charge < -0.3 is 18.8 Å². The lowest BCUT2D eigenvalue weighted by atomic mass is 9.79. The Morgan fingerprint density at radius 1 is 1.17 bits per heavy atom. The van der Waals surface area contributed by atoms with E-state index in [0.29, 0.717) is 12.3 Å². The third kappa shape index (κ3) is 2.97. The Morgan fingerprint density at radius 3 is 2.38 bits per heavy atom. The zero-order valence-electron chi connectivity index (χ0n) is 14.6. The molecule has 1 fully saturated rings. The summed E-state index contributed by atoms with van der Waals surface area (Å²) in [5.74, 6) is 1.29. The first-order valence-corrected chi connectivity index (χ1v) is 8.12. The van der Waals surface area contributed by atoms with Crippen molar-refractivity contribution in [1.82, 2.24) is 4.98 Å². The Hall–Kier alpha value is -1.76. The van der Waals surface area contributed by atoms with Crippen molar-refractivity contribution >= 4 is 12.6 Å². The highest BCUT2D eigenvalue weighted by atomic mass is 16.7. The number of benzene rings is 1. The van der Waals surface area contributed by atoms with Gasteiger partial charge in [0.1, 0.15) is 11.4 Å². The van der Waals surface area contributed by atoms with Crippen molar-refractivity contribution in [1.29, 1.82) is 0 Å². The fraction of sp³-hybridized carbons (Fsp3) is 0.444. The average molecular weight is 328 g/mol. The first kappa shape index (κ1) is 17.1. The van der Waals surface area contributed by atoms with Gasteiger partial charge in [0, 0.05) is 25.5 Å². The zero-order valence-corrected chi connectivity index (χ0v) is 14.6. The molecule has 0 bridgehead atoms. The van der Waals surface area contributed by atoms with Crippen molar-refractivity contribution in [2.24, 2.45) is 0 Å². The van der Waals surface area contributed by atoms with Crippen LogP contribution in [-0.2, 0) is 15.7 Å². The van der Waals surface area contributed by atoms with Crippen LogP contribution in [0.1, 0.15) is 32.2 Å². The van der Waals surface area contributed by atoms with Crippen molar-refractivity contribution in [3.05, 3.63) is 42.6 Å². The molecule has 1 saturated heterocycles. The highest BCUT2D eigenvalue weighted by molar-refractivity contribution is 6.62. The molecule has 2 heterocycles. The molecule has 1 N–H and O–H groups in total. The van der Waals surface area contributed by atoms with E-state index in [0.717, 1.165) is 22.5 Å². The van der Waals surface area contributed by atoms with Crippen LogP contribution in [0.15, 0.2) is 28.7 Å². The summed E-state index contributed by atoms with van der Waals surface area (Å²) >= 11 is 0. The molecule has 6 heteroatoms. The number of hydrogen-bond acceptors (Lipinski definition) is 5. The topological polar surface area (TPSA) is 64.7 Å². The number of hydrogen-bond donors (Lipinski definition) is 1. The molecule has 0 spiro atoms. The van der Waals surface area contributed by atoms with E-state index in [9.17, 15) is 0 Å². The molecular formula is C18H23BNO4+. The monoisotopic (exact) mass is 328 g/mol. The smallest absolute Gasteiger partial charge is 0.441 e. The number of oxazole rings is 1. The molecule has 3 rings (SSSR count). The minimum absolute atomic E-state index is 0.0573. The fourth-order valence-electron chi connectivity index (χ4n) is 2.60. The quantitative estimate of drug-likeness (QED) is 0.689. The van der Waals surface area contributed by atoms with E-state index < -0.39 is 18.3 Å². The van der Waals surface area contributed by atoms with E-state index in [1.807, 2.05) is 52.0 Å². The number of aliphatic hydroxyl groups excluding tert-OH is 1. The normalized spacial score (nSPS) is 23.0. The number of aryl methyl sites for hydroxylation is 1. The van der Waals surface area contributed by atoms with E-state index in [1.165, 1.54) is 0 Å². The summed E-state index contributed by atoms with van der Waals surface area (Å²) in [6, 6.07) is 7.76. The summed E-state index contributed by atoms with van der Waals surface area (Å²) in [7, 11) is -0.437. The van der Waals surface area contributed by atoms with Crippen LogP contribution in [0.3, 0.4) is 0 Å². The maximum atomic E-state index is 9.05. The van der Waals surface area contributed by atoms with Crippen molar-refractivity contribution in [2.75, 3.05) is 6.61 Å². The van der Waals surface area contributed by atoms with Crippen LogP contribution in [-0.4, -0.2) is 35.0 Å². The van der Waals surface area contributed by atoms with E-state index in [-0.39, 0.29) is 6.61 Å². The van der Waals surface area contributed by atoms with Crippen molar-refractivity contribution in [2.45, 2.75) is 45.3 Å². The van der Waals surface area contributed by atoms with Gasteiger partial charge in [0.15, 0.2) is 0 Å². The molecule has 0 saturated carbocycles. The van der Waals surface area contributed by atoms with Gasteiger partial charge in [-0.3, -0.25) is 0 Å². The molecule has 24 heavy (non-hydrogen) atoms. The standard InChI is InChI=1S/C18H23BNO4/c1-12-15(10-11-21)20-16(22-12)13-6-8-14(9-7-13)19-23-17(2,3)18(4,5)24-19/h6-9,21H,2,10-11H2,1,3-5H3/q+1. The Kier molecular flexibility index (Phi) is 4.24. The number of rotatable bonds is 4. The molecule has 5 nitrogen and oxygen atoms in total. The van der Waals surface area contributed by atoms with Gasteiger partial charge in [-0.2, -0.15) is 0 Å². The van der Waals surface area contributed by atoms with Gasteiger partial charge in [-0.15, -0.1) is 0 Å². The highest BCUT2D eigenvalue weighted by Gasteiger charge is 2.57. The molecule has 1 unspecified atom stereocenters. The summed E-state index contributed by atoms with van der Waals surface area (Å²) in [6.45, 7) is 11.9. The Bertz CT molecular complexity index is 705. The van der Waals surface area contributed by atoms with Crippen molar-refractivity contribution in [3.63, 3.8) is 0 Å². The second-order valence-electron chi connectivity index (χ2n) is 6.93. The maximum absolute atomic E-state index is 9.05. The molecular weight excluding hydrogens is 305 g/mol. The van der Waals surface area contributed by atoms with Crippen LogP contribution in [0.2, 0.25) is 0 Å². The van der Waals surface area contributed by atoms with Gasteiger partial charge in [0.05, 0.1) is 12.6 Å².